The van der Waals surface area contributed by atoms with E-state index in [1.165, 1.54) is 0 Å². The van der Waals surface area contributed by atoms with E-state index in [0.29, 0.717) is 18.0 Å². The highest BCUT2D eigenvalue weighted by Gasteiger charge is 2.44. The van der Waals surface area contributed by atoms with E-state index in [1.54, 1.807) is 38.1 Å². The fourth-order valence-corrected chi connectivity index (χ4v) is 2.11. The average molecular weight is 305 g/mol. The van der Waals surface area contributed by atoms with Crippen LogP contribution in [0.2, 0.25) is 0 Å². The standard InChI is InChI=1S/C15H19N3O4/c1-4-22-11-7-5-10(6-8-11)16-12(19)9-18-13(20)15(2,3)17-14(18)21/h5-8H,4,9H2,1-3H3,(H,16,19)(H,17,21). The summed E-state index contributed by atoms with van der Waals surface area (Å²) in [5, 5.41) is 5.16. The van der Waals surface area contributed by atoms with E-state index in [2.05, 4.69) is 10.6 Å². The van der Waals surface area contributed by atoms with Gasteiger partial charge in [0.15, 0.2) is 0 Å². The molecule has 1 aliphatic heterocycles. The molecule has 22 heavy (non-hydrogen) atoms. The molecule has 118 valence electrons. The monoisotopic (exact) mass is 305 g/mol. The molecular weight excluding hydrogens is 286 g/mol. The molecular formula is C15H19N3O4. The average Bonchev–Trinajstić information content (AvgIpc) is 2.63. The Bertz CT molecular complexity index is 595. The van der Waals surface area contributed by atoms with E-state index < -0.39 is 23.4 Å². The van der Waals surface area contributed by atoms with E-state index in [-0.39, 0.29) is 6.54 Å². The SMILES string of the molecule is CCOc1ccc(NC(=O)CN2C(=O)NC(C)(C)C2=O)cc1. The van der Waals surface area contributed by atoms with Crippen LogP contribution in [-0.2, 0) is 9.59 Å². The minimum Gasteiger partial charge on any atom is -0.494 e. The molecule has 1 fully saturated rings. The van der Waals surface area contributed by atoms with Crippen LogP contribution in [0.5, 0.6) is 5.75 Å². The largest absolute Gasteiger partial charge is 0.494 e. The highest BCUT2D eigenvalue weighted by molar-refractivity contribution is 6.09. The zero-order valence-corrected chi connectivity index (χ0v) is 12.8. The quantitative estimate of drug-likeness (QED) is 0.804. The zero-order valence-electron chi connectivity index (χ0n) is 12.8. The molecule has 1 saturated heterocycles. The van der Waals surface area contributed by atoms with Crippen LogP contribution >= 0.6 is 0 Å². The Morgan fingerprint density at radius 1 is 1.27 bits per heavy atom. The van der Waals surface area contributed by atoms with Crippen LogP contribution in [-0.4, -0.2) is 41.4 Å². The summed E-state index contributed by atoms with van der Waals surface area (Å²) in [4.78, 5) is 36.6. The van der Waals surface area contributed by atoms with Crippen molar-refractivity contribution in [2.24, 2.45) is 0 Å². The zero-order chi connectivity index (χ0) is 16.3. The van der Waals surface area contributed by atoms with Crippen LogP contribution < -0.4 is 15.4 Å². The summed E-state index contributed by atoms with van der Waals surface area (Å²) in [5.74, 6) is -0.152. The number of anilines is 1. The second-order valence-corrected chi connectivity index (χ2v) is 5.45. The molecule has 1 heterocycles. The van der Waals surface area contributed by atoms with Gasteiger partial charge in [0.25, 0.3) is 5.91 Å². The summed E-state index contributed by atoms with van der Waals surface area (Å²) in [5.41, 5.74) is -0.406. The lowest BCUT2D eigenvalue weighted by molar-refractivity contribution is -0.132. The number of hydrogen-bond acceptors (Lipinski definition) is 4. The molecule has 2 rings (SSSR count). The first-order valence-electron chi connectivity index (χ1n) is 7.00. The molecule has 0 aliphatic carbocycles. The fraction of sp³-hybridized carbons (Fsp3) is 0.400. The number of rotatable bonds is 5. The van der Waals surface area contributed by atoms with Gasteiger partial charge in [0.1, 0.15) is 17.8 Å². The molecule has 7 heteroatoms. The Morgan fingerprint density at radius 2 is 1.91 bits per heavy atom. The summed E-state index contributed by atoms with van der Waals surface area (Å²) >= 11 is 0. The lowest BCUT2D eigenvalue weighted by Gasteiger charge is -2.15. The molecule has 4 amide bonds. The highest BCUT2D eigenvalue weighted by Crippen LogP contribution is 2.18. The topological polar surface area (TPSA) is 87.7 Å². The molecule has 0 atom stereocenters. The van der Waals surface area contributed by atoms with Crippen LogP contribution in [0.15, 0.2) is 24.3 Å². The molecule has 0 radical (unpaired) electrons. The Hall–Kier alpha value is -2.57. The van der Waals surface area contributed by atoms with Crippen LogP contribution in [0, 0.1) is 0 Å². The molecule has 0 unspecified atom stereocenters. The summed E-state index contributed by atoms with van der Waals surface area (Å²) in [6.45, 7) is 5.32. The maximum Gasteiger partial charge on any atom is 0.325 e. The number of urea groups is 1. The van der Waals surface area contributed by atoms with Crippen molar-refractivity contribution >= 4 is 23.5 Å². The molecule has 0 saturated carbocycles. The van der Waals surface area contributed by atoms with Crippen LogP contribution in [0.25, 0.3) is 0 Å². The lowest BCUT2D eigenvalue weighted by atomic mass is 10.1. The third-order valence-electron chi connectivity index (χ3n) is 3.20. The smallest absolute Gasteiger partial charge is 0.325 e. The fourth-order valence-electron chi connectivity index (χ4n) is 2.11. The molecule has 1 aromatic carbocycles. The number of carbonyl (C=O) groups excluding carboxylic acids is 3. The number of benzene rings is 1. The molecule has 1 aromatic rings. The Kier molecular flexibility index (Phi) is 4.35. The molecule has 0 bridgehead atoms. The van der Waals surface area contributed by atoms with Crippen molar-refractivity contribution in [3.8, 4) is 5.75 Å². The van der Waals surface area contributed by atoms with E-state index >= 15 is 0 Å². The maximum atomic E-state index is 12.0. The van der Waals surface area contributed by atoms with E-state index in [1.807, 2.05) is 6.92 Å². The summed E-state index contributed by atoms with van der Waals surface area (Å²) in [6, 6.07) is 6.29. The normalized spacial score (nSPS) is 16.4. The Balaban J connectivity index is 1.96. The number of carbonyl (C=O) groups is 3. The van der Waals surface area contributed by atoms with Crippen LogP contribution in [0.3, 0.4) is 0 Å². The number of nitrogens with one attached hydrogen (secondary N) is 2. The molecule has 2 N–H and O–H groups in total. The Labute approximate surface area is 128 Å². The number of nitrogens with zero attached hydrogens (tertiary/aromatic N) is 1. The minimum absolute atomic E-state index is 0.318. The van der Waals surface area contributed by atoms with E-state index in [9.17, 15) is 14.4 Å². The molecule has 0 aromatic heterocycles. The maximum absolute atomic E-state index is 12.0. The Morgan fingerprint density at radius 3 is 2.41 bits per heavy atom. The molecule has 1 aliphatic rings. The second kappa shape index (κ2) is 6.05. The van der Waals surface area contributed by atoms with Gasteiger partial charge in [-0.2, -0.15) is 0 Å². The van der Waals surface area contributed by atoms with E-state index in [0.717, 1.165) is 4.90 Å². The van der Waals surface area contributed by atoms with Crippen molar-refractivity contribution in [1.29, 1.82) is 0 Å². The number of hydrogen-bond donors (Lipinski definition) is 2. The van der Waals surface area contributed by atoms with Crippen molar-refractivity contribution in [3.63, 3.8) is 0 Å². The van der Waals surface area contributed by atoms with E-state index in [4.69, 9.17) is 4.74 Å². The first-order chi connectivity index (χ1) is 10.3. The summed E-state index contributed by atoms with van der Waals surface area (Å²) < 4.78 is 5.31. The molecule has 0 spiro atoms. The van der Waals surface area contributed by atoms with Crippen molar-refractivity contribution in [2.75, 3.05) is 18.5 Å². The third kappa shape index (κ3) is 3.36. The van der Waals surface area contributed by atoms with Gasteiger partial charge in [0.2, 0.25) is 5.91 Å². The number of imide groups is 1. The highest BCUT2D eigenvalue weighted by atomic mass is 16.5. The van der Waals surface area contributed by atoms with Crippen molar-refractivity contribution < 1.29 is 19.1 Å². The summed E-state index contributed by atoms with van der Waals surface area (Å²) in [6.07, 6.45) is 0. The summed E-state index contributed by atoms with van der Waals surface area (Å²) in [7, 11) is 0. The third-order valence-corrected chi connectivity index (χ3v) is 3.20. The van der Waals surface area contributed by atoms with Gasteiger partial charge in [-0.15, -0.1) is 0 Å². The first-order valence-corrected chi connectivity index (χ1v) is 7.00. The second-order valence-electron chi connectivity index (χ2n) is 5.45. The minimum atomic E-state index is -0.976. The van der Waals surface area contributed by atoms with Gasteiger partial charge in [0.05, 0.1) is 6.61 Å². The molecule has 7 nitrogen and oxygen atoms in total. The van der Waals surface area contributed by atoms with Gasteiger partial charge < -0.3 is 15.4 Å². The van der Waals surface area contributed by atoms with Gasteiger partial charge in [-0.3, -0.25) is 14.5 Å². The van der Waals surface area contributed by atoms with Crippen molar-refractivity contribution in [3.05, 3.63) is 24.3 Å². The van der Waals surface area contributed by atoms with Gasteiger partial charge in [-0.1, -0.05) is 0 Å². The predicted octanol–water partition coefficient (Wildman–Crippen LogP) is 1.35. The van der Waals surface area contributed by atoms with Crippen LogP contribution in [0.1, 0.15) is 20.8 Å². The van der Waals surface area contributed by atoms with Gasteiger partial charge in [-0.05, 0) is 45.0 Å². The van der Waals surface area contributed by atoms with Crippen molar-refractivity contribution in [2.45, 2.75) is 26.3 Å². The number of amides is 4. The lowest BCUT2D eigenvalue weighted by Crippen LogP contribution is -2.41. The van der Waals surface area contributed by atoms with Crippen molar-refractivity contribution in [1.82, 2.24) is 10.2 Å². The predicted molar refractivity (Wildman–Crippen MR) is 80.6 cm³/mol. The first kappa shape index (κ1) is 15.8. The van der Waals surface area contributed by atoms with Gasteiger partial charge >= 0.3 is 6.03 Å². The van der Waals surface area contributed by atoms with Gasteiger partial charge in [-0.25, -0.2) is 4.79 Å². The van der Waals surface area contributed by atoms with Crippen LogP contribution in [0.4, 0.5) is 10.5 Å². The van der Waals surface area contributed by atoms with Gasteiger partial charge in [0, 0.05) is 5.69 Å². The number of ether oxygens (including phenoxy) is 1.